The molecule has 0 aliphatic heterocycles. The second-order valence-corrected chi connectivity index (χ2v) is 4.66. The summed E-state index contributed by atoms with van der Waals surface area (Å²) in [6, 6.07) is 9.48. The van der Waals surface area contributed by atoms with E-state index in [1.807, 2.05) is 6.07 Å². The van der Waals surface area contributed by atoms with Crippen molar-refractivity contribution in [2.24, 2.45) is 0 Å². The summed E-state index contributed by atoms with van der Waals surface area (Å²) in [6.45, 7) is 0. The van der Waals surface area contributed by atoms with Gasteiger partial charge < -0.3 is 11.1 Å². The summed E-state index contributed by atoms with van der Waals surface area (Å²) < 4.78 is 13.0. The van der Waals surface area contributed by atoms with E-state index in [1.165, 1.54) is 18.5 Å². The Morgan fingerprint density at radius 1 is 1.10 bits per heavy atom. The van der Waals surface area contributed by atoms with Crippen molar-refractivity contribution < 1.29 is 4.39 Å². The van der Waals surface area contributed by atoms with Gasteiger partial charge in [0.15, 0.2) is 0 Å². The Balaban J connectivity index is 2.06. The van der Waals surface area contributed by atoms with Gasteiger partial charge in [-0.1, -0.05) is 11.6 Å². The lowest BCUT2D eigenvalue weighted by atomic mass is 10.2. The zero-order valence-corrected chi connectivity index (χ0v) is 11.0. The van der Waals surface area contributed by atoms with E-state index < -0.39 is 0 Å². The molecule has 0 saturated carbocycles. The van der Waals surface area contributed by atoms with Crippen molar-refractivity contribution in [1.82, 2.24) is 9.97 Å². The van der Waals surface area contributed by atoms with Gasteiger partial charge in [-0.25, -0.2) is 14.4 Å². The lowest BCUT2D eigenvalue weighted by molar-refractivity contribution is 0.628. The van der Waals surface area contributed by atoms with Crippen LogP contribution in [-0.2, 0) is 0 Å². The molecule has 0 atom stereocenters. The van der Waals surface area contributed by atoms with Gasteiger partial charge >= 0.3 is 0 Å². The first-order valence-electron chi connectivity index (χ1n) is 5.86. The highest BCUT2D eigenvalue weighted by Crippen LogP contribution is 2.28. The van der Waals surface area contributed by atoms with Crippen molar-refractivity contribution in [3.05, 3.63) is 53.6 Å². The average molecular weight is 289 g/mol. The topological polar surface area (TPSA) is 63.8 Å². The van der Waals surface area contributed by atoms with Crippen LogP contribution in [0.5, 0.6) is 0 Å². The predicted octanol–water partition coefficient (Wildman–Crippen LogP) is 3.75. The molecule has 2 aromatic carbocycles. The summed E-state index contributed by atoms with van der Waals surface area (Å²) in [5, 5.41) is 4.16. The SMILES string of the molecule is Nc1ccc2c(Nc3ccc(F)cc3Cl)ncnc2c1. The van der Waals surface area contributed by atoms with E-state index in [0.29, 0.717) is 17.2 Å². The molecule has 0 aliphatic rings. The van der Waals surface area contributed by atoms with Gasteiger partial charge in [-0.05, 0) is 36.4 Å². The summed E-state index contributed by atoms with van der Waals surface area (Å²) >= 11 is 5.99. The van der Waals surface area contributed by atoms with E-state index in [2.05, 4.69) is 15.3 Å². The fourth-order valence-electron chi connectivity index (χ4n) is 1.89. The minimum atomic E-state index is -0.388. The van der Waals surface area contributed by atoms with Gasteiger partial charge in [0.05, 0.1) is 16.2 Å². The van der Waals surface area contributed by atoms with Crippen LogP contribution in [0.15, 0.2) is 42.7 Å². The van der Waals surface area contributed by atoms with Gasteiger partial charge in [-0.15, -0.1) is 0 Å². The highest BCUT2D eigenvalue weighted by atomic mass is 35.5. The maximum absolute atomic E-state index is 13.0. The van der Waals surface area contributed by atoms with Crippen molar-refractivity contribution in [2.75, 3.05) is 11.1 Å². The molecule has 0 fully saturated rings. The van der Waals surface area contributed by atoms with Crippen LogP contribution in [0.2, 0.25) is 5.02 Å². The zero-order valence-electron chi connectivity index (χ0n) is 10.3. The van der Waals surface area contributed by atoms with Crippen LogP contribution < -0.4 is 11.1 Å². The minimum absolute atomic E-state index is 0.284. The maximum atomic E-state index is 13.0. The smallest absolute Gasteiger partial charge is 0.141 e. The first kappa shape index (κ1) is 12.6. The fraction of sp³-hybridized carbons (Fsp3) is 0. The number of hydrogen-bond donors (Lipinski definition) is 2. The monoisotopic (exact) mass is 288 g/mol. The number of nitrogens with one attached hydrogen (secondary N) is 1. The van der Waals surface area contributed by atoms with Crippen molar-refractivity contribution in [2.45, 2.75) is 0 Å². The summed E-state index contributed by atoms with van der Waals surface area (Å²) in [4.78, 5) is 8.34. The molecule has 0 radical (unpaired) electrons. The molecule has 100 valence electrons. The van der Waals surface area contributed by atoms with Crippen LogP contribution in [0, 0.1) is 5.82 Å². The third-order valence-electron chi connectivity index (χ3n) is 2.84. The number of hydrogen-bond acceptors (Lipinski definition) is 4. The van der Waals surface area contributed by atoms with Gasteiger partial charge in [-0.3, -0.25) is 0 Å². The van der Waals surface area contributed by atoms with Crippen LogP contribution in [0.4, 0.5) is 21.6 Å². The number of nitrogen functional groups attached to an aromatic ring is 1. The van der Waals surface area contributed by atoms with Crippen molar-refractivity contribution >= 4 is 39.7 Å². The Hall–Kier alpha value is -2.40. The molecule has 20 heavy (non-hydrogen) atoms. The molecule has 1 heterocycles. The number of halogens is 2. The van der Waals surface area contributed by atoms with E-state index in [4.69, 9.17) is 17.3 Å². The third kappa shape index (κ3) is 2.35. The highest BCUT2D eigenvalue weighted by Gasteiger charge is 2.07. The molecule has 0 aliphatic carbocycles. The Morgan fingerprint density at radius 2 is 1.95 bits per heavy atom. The zero-order chi connectivity index (χ0) is 14.1. The van der Waals surface area contributed by atoms with Crippen LogP contribution in [0.25, 0.3) is 10.9 Å². The van der Waals surface area contributed by atoms with E-state index in [9.17, 15) is 4.39 Å². The predicted molar refractivity (Wildman–Crippen MR) is 78.6 cm³/mol. The van der Waals surface area contributed by atoms with Gasteiger partial charge in [0.2, 0.25) is 0 Å². The van der Waals surface area contributed by atoms with Crippen LogP contribution in [0.1, 0.15) is 0 Å². The number of benzene rings is 2. The minimum Gasteiger partial charge on any atom is -0.399 e. The lowest BCUT2D eigenvalue weighted by Crippen LogP contribution is -1.97. The molecule has 1 aromatic heterocycles. The van der Waals surface area contributed by atoms with E-state index in [1.54, 1.807) is 18.2 Å². The quantitative estimate of drug-likeness (QED) is 0.705. The normalized spacial score (nSPS) is 10.7. The highest BCUT2D eigenvalue weighted by molar-refractivity contribution is 6.33. The Morgan fingerprint density at radius 3 is 2.75 bits per heavy atom. The molecule has 6 heteroatoms. The molecule has 4 nitrogen and oxygen atoms in total. The maximum Gasteiger partial charge on any atom is 0.141 e. The van der Waals surface area contributed by atoms with Crippen molar-refractivity contribution in [3.8, 4) is 0 Å². The molecule has 0 amide bonds. The molecule has 3 aromatic rings. The molecular weight excluding hydrogens is 279 g/mol. The summed E-state index contributed by atoms with van der Waals surface area (Å²) in [5.41, 5.74) is 7.65. The summed E-state index contributed by atoms with van der Waals surface area (Å²) in [5.74, 6) is 0.198. The van der Waals surface area contributed by atoms with E-state index >= 15 is 0 Å². The average Bonchev–Trinajstić information content (AvgIpc) is 2.41. The van der Waals surface area contributed by atoms with Crippen molar-refractivity contribution in [3.63, 3.8) is 0 Å². The molecule has 3 rings (SSSR count). The number of aromatic nitrogens is 2. The number of anilines is 3. The fourth-order valence-corrected chi connectivity index (χ4v) is 2.11. The van der Waals surface area contributed by atoms with Crippen LogP contribution >= 0.6 is 11.6 Å². The van der Waals surface area contributed by atoms with E-state index in [-0.39, 0.29) is 10.8 Å². The van der Waals surface area contributed by atoms with Gasteiger partial charge in [-0.2, -0.15) is 0 Å². The first-order valence-corrected chi connectivity index (χ1v) is 6.23. The first-order chi connectivity index (χ1) is 9.63. The van der Waals surface area contributed by atoms with Crippen LogP contribution in [-0.4, -0.2) is 9.97 Å². The number of rotatable bonds is 2. The lowest BCUT2D eigenvalue weighted by Gasteiger charge is -2.10. The molecule has 0 unspecified atom stereocenters. The second kappa shape index (κ2) is 4.94. The molecule has 0 bridgehead atoms. The van der Waals surface area contributed by atoms with E-state index in [0.717, 1.165) is 10.9 Å². The number of nitrogens with two attached hydrogens (primary N) is 1. The molecule has 0 spiro atoms. The van der Waals surface area contributed by atoms with Gasteiger partial charge in [0.1, 0.15) is 18.0 Å². The standard InChI is InChI=1S/C14H10ClFN4/c15-11-5-8(16)1-4-12(11)20-14-10-3-2-9(17)6-13(10)18-7-19-14/h1-7H,17H2,(H,18,19,20). The summed E-state index contributed by atoms with van der Waals surface area (Å²) in [6.07, 6.45) is 1.43. The summed E-state index contributed by atoms with van der Waals surface area (Å²) in [7, 11) is 0. The molecule has 3 N–H and O–H groups in total. The molecular formula is C14H10ClFN4. The molecule has 0 saturated heterocycles. The third-order valence-corrected chi connectivity index (χ3v) is 3.16. The number of fused-ring (bicyclic) bond motifs is 1. The number of nitrogens with zero attached hydrogens (tertiary/aromatic N) is 2. The van der Waals surface area contributed by atoms with Crippen LogP contribution in [0.3, 0.4) is 0 Å². The van der Waals surface area contributed by atoms with Crippen molar-refractivity contribution in [1.29, 1.82) is 0 Å². The van der Waals surface area contributed by atoms with Gasteiger partial charge in [0, 0.05) is 11.1 Å². The van der Waals surface area contributed by atoms with Gasteiger partial charge in [0.25, 0.3) is 0 Å². The Labute approximate surface area is 119 Å². The second-order valence-electron chi connectivity index (χ2n) is 4.25. The Bertz CT molecular complexity index is 791. The largest absolute Gasteiger partial charge is 0.399 e. The Kier molecular flexibility index (Phi) is 3.12.